The summed E-state index contributed by atoms with van der Waals surface area (Å²) in [5.41, 5.74) is 0. The van der Waals surface area contributed by atoms with Gasteiger partial charge in [-0.1, -0.05) is 38.2 Å². The lowest BCUT2D eigenvalue weighted by atomic mass is 9.88. The van der Waals surface area contributed by atoms with Crippen LogP contribution >= 0.6 is 0 Å². The second-order valence-corrected chi connectivity index (χ2v) is 8.92. The highest BCUT2D eigenvalue weighted by Crippen LogP contribution is 2.64. The van der Waals surface area contributed by atoms with Crippen molar-refractivity contribution in [2.45, 2.75) is 112 Å². The van der Waals surface area contributed by atoms with Gasteiger partial charge >= 0.3 is 47.6 Å². The minimum atomic E-state index is -8.60. The van der Waals surface area contributed by atoms with E-state index in [9.17, 15) is 74.6 Å². The maximum atomic E-state index is 13.8. The molecule has 0 amide bonds. The summed E-state index contributed by atoms with van der Waals surface area (Å²) in [5.74, 6) is -56.0. The van der Waals surface area contributed by atoms with Gasteiger partial charge in [0.15, 0.2) is 0 Å². The SMILES string of the molecule is C=CCCCCCCCCCOCCCC(F)(F)C(F)(F)C(F)(F)C(F)(F)C(F)(F)C(F)(F)C(F)(F)C(F)(F)F. The van der Waals surface area contributed by atoms with Crippen LogP contribution in [-0.4, -0.2) is 60.8 Å². The van der Waals surface area contributed by atoms with Gasteiger partial charge < -0.3 is 4.74 Å². The Morgan fingerprint density at radius 3 is 1.20 bits per heavy atom. The van der Waals surface area contributed by atoms with Gasteiger partial charge in [-0.25, -0.2) is 0 Å². The van der Waals surface area contributed by atoms with E-state index in [2.05, 4.69) is 6.58 Å². The van der Waals surface area contributed by atoms with Crippen LogP contribution in [0.3, 0.4) is 0 Å². The van der Waals surface area contributed by atoms with E-state index in [0.717, 1.165) is 38.5 Å². The van der Waals surface area contributed by atoms with E-state index < -0.39 is 67.1 Å². The molecule has 0 aliphatic heterocycles. The zero-order chi connectivity index (χ0) is 31.9. The molecule has 0 saturated carbocycles. The topological polar surface area (TPSA) is 9.23 Å². The van der Waals surface area contributed by atoms with Crippen LogP contribution in [0.5, 0.6) is 0 Å². The Kier molecular flexibility index (Phi) is 13.1. The van der Waals surface area contributed by atoms with Crippen LogP contribution in [0, 0.1) is 0 Å². The summed E-state index contributed by atoms with van der Waals surface area (Å²) in [5, 5.41) is 0. The number of halogens is 17. The van der Waals surface area contributed by atoms with Crippen molar-refractivity contribution >= 4 is 0 Å². The van der Waals surface area contributed by atoms with Gasteiger partial charge in [0, 0.05) is 19.6 Å². The lowest BCUT2D eigenvalue weighted by Gasteiger charge is -2.42. The lowest BCUT2D eigenvalue weighted by Crippen LogP contribution is -2.74. The van der Waals surface area contributed by atoms with Crippen molar-refractivity contribution in [2.24, 2.45) is 0 Å². The minimum absolute atomic E-state index is 0.124. The van der Waals surface area contributed by atoms with E-state index in [1.165, 1.54) is 0 Å². The maximum Gasteiger partial charge on any atom is 0.460 e. The van der Waals surface area contributed by atoms with Crippen molar-refractivity contribution < 1.29 is 79.4 Å². The summed E-state index contributed by atoms with van der Waals surface area (Å²) in [6.07, 6.45) is -3.45. The van der Waals surface area contributed by atoms with E-state index in [-0.39, 0.29) is 6.61 Å². The minimum Gasteiger partial charge on any atom is -0.381 e. The van der Waals surface area contributed by atoms with E-state index in [1.54, 1.807) is 6.08 Å². The maximum absolute atomic E-state index is 13.8. The van der Waals surface area contributed by atoms with Crippen molar-refractivity contribution in [2.75, 3.05) is 13.2 Å². The molecule has 0 rings (SSSR count). The molecule has 0 atom stereocenters. The molecule has 18 heteroatoms. The zero-order valence-electron chi connectivity index (χ0n) is 20.6. The number of ether oxygens (including phenoxy) is 1. The molecule has 0 heterocycles. The van der Waals surface area contributed by atoms with Gasteiger partial charge in [0.2, 0.25) is 0 Å². The number of hydrogen-bond acceptors (Lipinski definition) is 1. The molecule has 0 N–H and O–H groups in total. The average molecular weight is 630 g/mol. The number of hydrogen-bond donors (Lipinski definition) is 0. The van der Waals surface area contributed by atoms with Crippen LogP contribution in [0.4, 0.5) is 74.6 Å². The summed E-state index contributed by atoms with van der Waals surface area (Å²) in [4.78, 5) is 0. The van der Waals surface area contributed by atoms with Gasteiger partial charge in [0.25, 0.3) is 0 Å². The molecule has 0 unspecified atom stereocenters. The molecule has 240 valence electrons. The molecule has 0 aromatic carbocycles. The summed E-state index contributed by atoms with van der Waals surface area (Å²) in [6.45, 7) is 2.59. The fourth-order valence-electron chi connectivity index (χ4n) is 3.23. The molecule has 0 saturated heterocycles. The predicted octanol–water partition coefficient (Wildman–Crippen LogP) is 10.1. The average Bonchev–Trinajstić information content (AvgIpc) is 2.80. The number of rotatable bonds is 20. The first kappa shape index (κ1) is 38.5. The van der Waals surface area contributed by atoms with Crippen LogP contribution in [0.15, 0.2) is 12.7 Å². The monoisotopic (exact) mass is 630 g/mol. The Morgan fingerprint density at radius 1 is 0.425 bits per heavy atom. The van der Waals surface area contributed by atoms with E-state index in [4.69, 9.17) is 4.74 Å². The first-order chi connectivity index (χ1) is 17.8. The van der Waals surface area contributed by atoms with Crippen molar-refractivity contribution in [3.8, 4) is 0 Å². The standard InChI is InChI=1S/C22H27F17O/c1-2-3-4-5-6-7-8-9-10-13-40-14-11-12-15(23,24)16(25,26)17(27,28)18(29,30)19(31,32)20(33,34)21(35,36)22(37,38)39/h2H,1,3-14H2. The van der Waals surface area contributed by atoms with E-state index >= 15 is 0 Å². The molecule has 0 aromatic rings. The Balaban J connectivity index is 5.23. The number of alkyl halides is 17. The van der Waals surface area contributed by atoms with Crippen molar-refractivity contribution in [1.29, 1.82) is 0 Å². The molecule has 0 aliphatic rings. The molecule has 0 aliphatic carbocycles. The van der Waals surface area contributed by atoms with Gasteiger partial charge in [-0.15, -0.1) is 6.58 Å². The highest BCUT2D eigenvalue weighted by atomic mass is 19.4. The van der Waals surface area contributed by atoms with E-state index in [0.29, 0.717) is 12.8 Å². The normalized spacial score (nSPS) is 15.0. The fraction of sp³-hybridized carbons (Fsp3) is 0.909. The Labute approximate surface area is 218 Å². The summed E-state index contributed by atoms with van der Waals surface area (Å²) >= 11 is 0. The van der Waals surface area contributed by atoms with Crippen molar-refractivity contribution in [3.63, 3.8) is 0 Å². The van der Waals surface area contributed by atoms with Gasteiger partial charge in [-0.2, -0.15) is 74.6 Å². The third-order valence-corrected chi connectivity index (χ3v) is 5.76. The van der Waals surface area contributed by atoms with Crippen LogP contribution in [0.25, 0.3) is 0 Å². The highest BCUT2D eigenvalue weighted by molar-refractivity contribution is 5.15. The predicted molar refractivity (Wildman–Crippen MR) is 108 cm³/mol. The smallest absolute Gasteiger partial charge is 0.381 e. The van der Waals surface area contributed by atoms with Gasteiger partial charge in [-0.05, 0) is 25.7 Å². The Hall–Kier alpha value is -1.49. The number of allylic oxidation sites excluding steroid dienone is 1. The van der Waals surface area contributed by atoms with Crippen molar-refractivity contribution in [3.05, 3.63) is 12.7 Å². The van der Waals surface area contributed by atoms with Crippen LogP contribution in [-0.2, 0) is 4.74 Å². The Morgan fingerprint density at radius 2 is 0.775 bits per heavy atom. The third-order valence-electron chi connectivity index (χ3n) is 5.76. The largest absolute Gasteiger partial charge is 0.460 e. The molecule has 40 heavy (non-hydrogen) atoms. The number of unbranched alkanes of at least 4 members (excludes halogenated alkanes) is 7. The second-order valence-electron chi connectivity index (χ2n) is 8.92. The summed E-state index contributed by atoms with van der Waals surface area (Å²) in [6, 6.07) is 0. The lowest BCUT2D eigenvalue weighted by molar-refractivity contribution is -0.461. The molecule has 0 radical (unpaired) electrons. The van der Waals surface area contributed by atoms with Gasteiger partial charge in [0.05, 0.1) is 0 Å². The molecule has 0 aromatic heterocycles. The van der Waals surface area contributed by atoms with Crippen LogP contribution in [0.2, 0.25) is 0 Å². The molecule has 1 nitrogen and oxygen atoms in total. The first-order valence-corrected chi connectivity index (χ1v) is 11.7. The summed E-state index contributed by atoms with van der Waals surface area (Å²) < 4.78 is 229. The van der Waals surface area contributed by atoms with Gasteiger partial charge in [-0.3, -0.25) is 0 Å². The molecular weight excluding hydrogens is 603 g/mol. The fourth-order valence-corrected chi connectivity index (χ4v) is 3.23. The molecule has 0 spiro atoms. The molecule has 0 bridgehead atoms. The van der Waals surface area contributed by atoms with Gasteiger partial charge in [0.1, 0.15) is 0 Å². The van der Waals surface area contributed by atoms with Crippen LogP contribution in [0.1, 0.15) is 64.2 Å². The molecular formula is C22H27F17O. The Bertz CT molecular complexity index is 774. The molecule has 0 fully saturated rings. The quantitative estimate of drug-likeness (QED) is 0.0739. The van der Waals surface area contributed by atoms with E-state index in [1.807, 2.05) is 0 Å². The summed E-state index contributed by atoms with van der Waals surface area (Å²) in [7, 11) is 0. The third kappa shape index (κ3) is 7.66. The second kappa shape index (κ2) is 13.7. The first-order valence-electron chi connectivity index (χ1n) is 11.7. The van der Waals surface area contributed by atoms with Crippen LogP contribution < -0.4 is 0 Å². The zero-order valence-corrected chi connectivity index (χ0v) is 20.6. The van der Waals surface area contributed by atoms with Crippen molar-refractivity contribution in [1.82, 2.24) is 0 Å². The highest BCUT2D eigenvalue weighted by Gasteiger charge is 2.95.